The molecular weight excluding hydrogens is 1250 g/mol. The summed E-state index contributed by atoms with van der Waals surface area (Å²) in [5.41, 5.74) is 0. The van der Waals surface area contributed by atoms with Gasteiger partial charge < -0.3 is 33.8 Å². The summed E-state index contributed by atoms with van der Waals surface area (Å²) in [6.07, 6.45) is 63.7. The Morgan fingerprint density at radius 3 is 0.768 bits per heavy atom. The first kappa shape index (κ1) is 92.5. The number of allylic oxidation sites excluding steroid dienone is 4. The molecule has 0 aliphatic carbocycles. The number of carbonyl (C=O) groups excluding carboxylic acids is 4. The number of ether oxygens (including phenoxy) is 4. The maximum atomic E-state index is 13.1. The normalized spacial score (nSPS) is 14.1. The molecule has 0 aromatic heterocycles. The van der Waals surface area contributed by atoms with Crippen LogP contribution in [0.25, 0.3) is 0 Å². The molecule has 17 nitrogen and oxygen atoms in total. The van der Waals surface area contributed by atoms with Crippen LogP contribution < -0.4 is 0 Å². The zero-order valence-corrected chi connectivity index (χ0v) is 62.9. The van der Waals surface area contributed by atoms with E-state index in [0.29, 0.717) is 25.7 Å². The van der Waals surface area contributed by atoms with Gasteiger partial charge in [-0.15, -0.1) is 0 Å². The van der Waals surface area contributed by atoms with Crippen LogP contribution in [0.1, 0.15) is 381 Å². The van der Waals surface area contributed by atoms with Gasteiger partial charge in [0, 0.05) is 25.7 Å². The van der Waals surface area contributed by atoms with E-state index in [1.807, 2.05) is 0 Å². The van der Waals surface area contributed by atoms with Crippen molar-refractivity contribution in [3.63, 3.8) is 0 Å². The number of carbonyl (C=O) groups is 4. The van der Waals surface area contributed by atoms with Crippen molar-refractivity contribution >= 4 is 39.5 Å². The molecule has 0 amide bonds. The third-order valence-corrected chi connectivity index (χ3v) is 19.1. The van der Waals surface area contributed by atoms with Gasteiger partial charge in [0.05, 0.1) is 26.4 Å². The third-order valence-electron chi connectivity index (χ3n) is 17.2. The van der Waals surface area contributed by atoms with E-state index in [9.17, 15) is 43.2 Å². The summed E-state index contributed by atoms with van der Waals surface area (Å²) in [4.78, 5) is 72.5. The van der Waals surface area contributed by atoms with Gasteiger partial charge in [-0.25, -0.2) is 9.13 Å². The molecule has 3 N–H and O–H groups in total. The molecule has 0 heterocycles. The number of unbranched alkanes of at least 4 members (excludes halogenated alkanes) is 46. The lowest BCUT2D eigenvalue weighted by atomic mass is 10.0. The van der Waals surface area contributed by atoms with Crippen LogP contribution in [0.5, 0.6) is 0 Å². The minimum atomic E-state index is -4.96. The molecule has 19 heteroatoms. The molecule has 0 rings (SSSR count). The number of esters is 4. The summed E-state index contributed by atoms with van der Waals surface area (Å²) in [6, 6.07) is 0. The SMILES string of the molecule is CCCCCC/C=C\C=C/CCCCCCCC(=O)O[C@H](COC(=O)CCCCCCC)COP(=O)(O)OC[C@H](O)COP(=O)(O)OC[C@@H](COC(=O)CCCCCCCCCCCCCCCCCCC)OC(=O)CCCCCCCCCCCCCCCCCCCC. The first-order valence-electron chi connectivity index (χ1n) is 39.1. The molecule has 0 aliphatic heterocycles. The molecule has 0 bridgehead atoms. The molecule has 95 heavy (non-hydrogen) atoms. The van der Waals surface area contributed by atoms with Crippen LogP contribution >= 0.6 is 15.6 Å². The van der Waals surface area contributed by atoms with Crippen molar-refractivity contribution in [2.45, 2.75) is 399 Å². The monoisotopic (exact) mass is 1390 g/mol. The standard InChI is InChI=1S/C76H144O17P2/c1-5-9-13-17-20-23-26-29-32-34-36-39-42-45-48-51-55-59-63-76(81)93-72(67-87-74(79)61-57-53-49-46-43-40-38-35-33-30-27-24-21-18-14-10-6-2)69-91-95(84,85)89-65-70(77)64-88-94(82,83)90-68-71(66-86-73(78)60-56-52-16-12-8-4)92-75(80)62-58-54-50-47-44-41-37-31-28-25-22-19-15-11-7-3/h25,28,31,37,70-72,77H,5-24,26-27,29-30,32-36,38-69H2,1-4H3,(H,82,83)(H,84,85)/b28-25-,37-31-/t70-,71+,72+/m0/s1. The van der Waals surface area contributed by atoms with E-state index in [-0.39, 0.29) is 25.7 Å². The van der Waals surface area contributed by atoms with Crippen LogP contribution in [0.15, 0.2) is 24.3 Å². The summed E-state index contributed by atoms with van der Waals surface area (Å²) in [7, 11) is -9.91. The maximum absolute atomic E-state index is 13.1. The fourth-order valence-corrected chi connectivity index (χ4v) is 12.8. The molecule has 5 atom stereocenters. The summed E-state index contributed by atoms with van der Waals surface area (Å²) >= 11 is 0. The van der Waals surface area contributed by atoms with Crippen LogP contribution in [0.2, 0.25) is 0 Å². The van der Waals surface area contributed by atoms with Crippen molar-refractivity contribution in [2.75, 3.05) is 39.6 Å². The van der Waals surface area contributed by atoms with Crippen molar-refractivity contribution in [3.8, 4) is 0 Å². The molecular formula is C76H144O17P2. The number of hydrogen-bond donors (Lipinski definition) is 3. The minimum Gasteiger partial charge on any atom is -0.462 e. The van der Waals surface area contributed by atoms with Crippen molar-refractivity contribution in [1.29, 1.82) is 0 Å². The maximum Gasteiger partial charge on any atom is 0.472 e. The fraction of sp³-hybridized carbons (Fsp3) is 0.895. The van der Waals surface area contributed by atoms with Gasteiger partial charge in [0.1, 0.15) is 19.3 Å². The summed E-state index contributed by atoms with van der Waals surface area (Å²) in [5.74, 6) is -2.15. The highest BCUT2D eigenvalue weighted by atomic mass is 31.2. The Morgan fingerprint density at radius 1 is 0.295 bits per heavy atom. The van der Waals surface area contributed by atoms with Gasteiger partial charge >= 0.3 is 39.5 Å². The van der Waals surface area contributed by atoms with Crippen molar-refractivity contribution in [3.05, 3.63) is 24.3 Å². The molecule has 2 unspecified atom stereocenters. The number of phosphoric ester groups is 2. The third kappa shape index (κ3) is 69.8. The van der Waals surface area contributed by atoms with E-state index in [1.165, 1.54) is 193 Å². The second-order valence-electron chi connectivity index (χ2n) is 26.7. The van der Waals surface area contributed by atoms with E-state index in [1.54, 1.807) is 0 Å². The van der Waals surface area contributed by atoms with E-state index in [2.05, 4.69) is 52.0 Å². The minimum absolute atomic E-state index is 0.0846. The molecule has 0 spiro atoms. The Bertz CT molecular complexity index is 1900. The number of rotatable bonds is 75. The van der Waals surface area contributed by atoms with E-state index in [4.69, 9.17) is 37.0 Å². The number of aliphatic hydroxyl groups excluding tert-OH is 1. The highest BCUT2D eigenvalue weighted by Gasteiger charge is 2.30. The van der Waals surface area contributed by atoms with Gasteiger partial charge in [-0.2, -0.15) is 0 Å². The lowest BCUT2D eigenvalue weighted by Crippen LogP contribution is -2.30. The van der Waals surface area contributed by atoms with Crippen LogP contribution in [0.3, 0.4) is 0 Å². The lowest BCUT2D eigenvalue weighted by Gasteiger charge is -2.21. The molecule has 0 aromatic carbocycles. The molecule has 0 saturated carbocycles. The number of phosphoric acid groups is 2. The summed E-state index contributed by atoms with van der Waals surface area (Å²) < 4.78 is 68.3. The van der Waals surface area contributed by atoms with E-state index < -0.39 is 97.5 Å². The van der Waals surface area contributed by atoms with Gasteiger partial charge in [-0.3, -0.25) is 37.3 Å². The second kappa shape index (κ2) is 70.0. The van der Waals surface area contributed by atoms with Gasteiger partial charge in [0.2, 0.25) is 0 Å². The Kier molecular flexibility index (Phi) is 68.2. The summed E-state index contributed by atoms with van der Waals surface area (Å²) in [5, 5.41) is 10.6. The van der Waals surface area contributed by atoms with E-state index in [0.717, 1.165) is 109 Å². The smallest absolute Gasteiger partial charge is 0.462 e. The average molecular weight is 1390 g/mol. The molecule has 0 fully saturated rings. The first-order chi connectivity index (χ1) is 46.2. The molecule has 560 valence electrons. The van der Waals surface area contributed by atoms with Gasteiger partial charge in [0.25, 0.3) is 0 Å². The average Bonchev–Trinajstić information content (AvgIpc) is 3.05. The van der Waals surface area contributed by atoms with Crippen LogP contribution in [-0.4, -0.2) is 96.7 Å². The molecule has 0 aromatic rings. The Morgan fingerprint density at radius 2 is 0.505 bits per heavy atom. The van der Waals surface area contributed by atoms with Crippen molar-refractivity contribution in [1.82, 2.24) is 0 Å². The predicted molar refractivity (Wildman–Crippen MR) is 386 cm³/mol. The quantitative estimate of drug-likeness (QED) is 0.0169. The lowest BCUT2D eigenvalue weighted by molar-refractivity contribution is -0.161. The van der Waals surface area contributed by atoms with E-state index >= 15 is 0 Å². The zero-order valence-electron chi connectivity index (χ0n) is 61.1. The second-order valence-corrected chi connectivity index (χ2v) is 29.6. The highest BCUT2D eigenvalue weighted by Crippen LogP contribution is 2.45. The Labute approximate surface area is 580 Å². The Hall–Kier alpha value is -2.46. The molecule has 0 aliphatic rings. The van der Waals surface area contributed by atoms with Gasteiger partial charge in [-0.05, 0) is 51.4 Å². The number of hydrogen-bond acceptors (Lipinski definition) is 15. The Balaban J connectivity index is 5.17. The molecule has 0 saturated heterocycles. The first-order valence-corrected chi connectivity index (χ1v) is 42.1. The van der Waals surface area contributed by atoms with Crippen LogP contribution in [0, 0.1) is 0 Å². The molecule has 0 radical (unpaired) electrons. The van der Waals surface area contributed by atoms with Crippen molar-refractivity contribution in [2.24, 2.45) is 0 Å². The fourth-order valence-electron chi connectivity index (χ4n) is 11.2. The predicted octanol–water partition coefficient (Wildman–Crippen LogP) is 22.2. The van der Waals surface area contributed by atoms with Crippen LogP contribution in [0.4, 0.5) is 0 Å². The van der Waals surface area contributed by atoms with Gasteiger partial charge in [0.15, 0.2) is 12.2 Å². The number of aliphatic hydroxyl groups is 1. The highest BCUT2D eigenvalue weighted by molar-refractivity contribution is 7.47. The van der Waals surface area contributed by atoms with Crippen LogP contribution in [-0.2, 0) is 65.4 Å². The topological polar surface area (TPSA) is 237 Å². The van der Waals surface area contributed by atoms with Gasteiger partial charge in [-0.1, -0.05) is 328 Å². The summed E-state index contributed by atoms with van der Waals surface area (Å²) in [6.45, 7) is 4.84. The van der Waals surface area contributed by atoms with Crippen molar-refractivity contribution < 1.29 is 80.2 Å². The largest absolute Gasteiger partial charge is 0.472 e. The zero-order chi connectivity index (χ0) is 69.7.